The minimum atomic E-state index is -1.33. The van der Waals surface area contributed by atoms with Crippen molar-refractivity contribution in [2.24, 2.45) is 0 Å². The molecule has 2 N–H and O–H groups in total. The third-order valence-corrected chi connectivity index (χ3v) is 3.16. The molecule has 0 fully saturated rings. The second kappa shape index (κ2) is 5.65. The predicted octanol–water partition coefficient (Wildman–Crippen LogP) is 1.44. The van der Waals surface area contributed by atoms with Crippen LogP contribution in [0.5, 0.6) is 0 Å². The van der Waals surface area contributed by atoms with Gasteiger partial charge in [0.1, 0.15) is 5.52 Å². The highest BCUT2D eigenvalue weighted by Gasteiger charge is 2.25. The lowest BCUT2D eigenvalue weighted by atomic mass is 10.2. The predicted molar refractivity (Wildman–Crippen MR) is 78.1 cm³/mol. The van der Waals surface area contributed by atoms with Crippen molar-refractivity contribution in [2.45, 2.75) is 6.17 Å². The molecular formula is C15H12N4O3. The molecule has 0 spiro atoms. The molecule has 1 atom stereocenters. The van der Waals surface area contributed by atoms with Gasteiger partial charge in [-0.2, -0.15) is 0 Å². The number of hydrogen-bond donors (Lipinski definition) is 2. The second-order valence-corrected chi connectivity index (χ2v) is 4.60. The van der Waals surface area contributed by atoms with Crippen LogP contribution in [0, 0.1) is 0 Å². The topological polar surface area (TPSA) is 97.1 Å². The van der Waals surface area contributed by atoms with Crippen molar-refractivity contribution in [3.8, 4) is 0 Å². The number of nitrogens with one attached hydrogen (secondary N) is 1. The first-order valence-electron chi connectivity index (χ1n) is 6.55. The number of carboxylic acids is 1. The van der Waals surface area contributed by atoms with Crippen LogP contribution in [0.2, 0.25) is 0 Å². The molecule has 0 saturated carbocycles. The maximum Gasteiger partial charge on any atom is 0.349 e. The molecule has 3 aromatic rings. The minimum absolute atomic E-state index is 0.373. The number of benzene rings is 2. The molecule has 1 heterocycles. The lowest BCUT2D eigenvalue weighted by Crippen LogP contribution is -2.38. The molecule has 7 nitrogen and oxygen atoms in total. The van der Waals surface area contributed by atoms with Gasteiger partial charge in [0, 0.05) is 5.56 Å². The van der Waals surface area contributed by atoms with Gasteiger partial charge in [-0.15, -0.1) is 5.10 Å². The summed E-state index contributed by atoms with van der Waals surface area (Å²) in [5.74, 6) is -1.72. The third-order valence-electron chi connectivity index (χ3n) is 3.16. The van der Waals surface area contributed by atoms with Gasteiger partial charge in [-0.1, -0.05) is 35.5 Å². The van der Waals surface area contributed by atoms with Crippen molar-refractivity contribution in [3.63, 3.8) is 0 Å². The van der Waals surface area contributed by atoms with E-state index in [1.54, 1.807) is 54.6 Å². The highest BCUT2D eigenvalue weighted by molar-refractivity contribution is 5.96. The number of fused-ring (bicyclic) bond motifs is 1. The molecule has 22 heavy (non-hydrogen) atoms. The van der Waals surface area contributed by atoms with Crippen LogP contribution in [-0.4, -0.2) is 32.0 Å². The van der Waals surface area contributed by atoms with Crippen LogP contribution < -0.4 is 5.32 Å². The van der Waals surface area contributed by atoms with E-state index in [4.69, 9.17) is 0 Å². The molecule has 1 amide bonds. The van der Waals surface area contributed by atoms with Crippen molar-refractivity contribution in [1.82, 2.24) is 20.3 Å². The van der Waals surface area contributed by atoms with Crippen molar-refractivity contribution in [3.05, 3.63) is 60.2 Å². The van der Waals surface area contributed by atoms with Gasteiger partial charge >= 0.3 is 5.97 Å². The molecule has 0 saturated heterocycles. The van der Waals surface area contributed by atoms with Gasteiger partial charge in [-0.3, -0.25) is 4.79 Å². The molecular weight excluding hydrogens is 284 g/mol. The summed E-state index contributed by atoms with van der Waals surface area (Å²) in [5, 5.41) is 19.6. The summed E-state index contributed by atoms with van der Waals surface area (Å²) in [5.41, 5.74) is 1.46. The number of amides is 1. The van der Waals surface area contributed by atoms with E-state index in [9.17, 15) is 14.7 Å². The van der Waals surface area contributed by atoms with Crippen LogP contribution in [0.3, 0.4) is 0 Å². The lowest BCUT2D eigenvalue weighted by molar-refractivity contribution is -0.141. The van der Waals surface area contributed by atoms with E-state index in [0.29, 0.717) is 16.6 Å². The minimum Gasteiger partial charge on any atom is -0.478 e. The molecule has 0 bridgehead atoms. The Bertz CT molecular complexity index is 829. The van der Waals surface area contributed by atoms with Crippen LogP contribution in [0.15, 0.2) is 54.6 Å². The fourth-order valence-corrected chi connectivity index (χ4v) is 2.10. The number of rotatable bonds is 4. The number of carboxylic acid groups (broad SMARTS) is 1. The normalized spacial score (nSPS) is 12.0. The van der Waals surface area contributed by atoms with Crippen molar-refractivity contribution in [1.29, 1.82) is 0 Å². The van der Waals surface area contributed by atoms with Gasteiger partial charge in [0.15, 0.2) is 0 Å². The Morgan fingerprint density at radius 2 is 1.73 bits per heavy atom. The standard InChI is InChI=1S/C15H12N4O3/c20-14(10-6-2-1-3-7-10)16-13(15(21)22)19-12-9-5-4-8-11(12)17-18-19/h1-9,13H,(H,16,20)(H,21,22)/t13-/m0/s1. The molecule has 0 unspecified atom stereocenters. The van der Waals surface area contributed by atoms with Crippen molar-refractivity contribution >= 4 is 22.9 Å². The summed E-state index contributed by atoms with van der Waals surface area (Å²) in [7, 11) is 0. The summed E-state index contributed by atoms with van der Waals surface area (Å²) in [6.07, 6.45) is -1.33. The zero-order chi connectivity index (χ0) is 15.5. The highest BCUT2D eigenvalue weighted by atomic mass is 16.4. The van der Waals surface area contributed by atoms with Crippen molar-refractivity contribution in [2.75, 3.05) is 0 Å². The van der Waals surface area contributed by atoms with Crippen LogP contribution in [0.4, 0.5) is 0 Å². The Kier molecular flexibility index (Phi) is 3.53. The summed E-state index contributed by atoms with van der Waals surface area (Å²) < 4.78 is 1.18. The second-order valence-electron chi connectivity index (χ2n) is 4.60. The average Bonchev–Trinajstić information content (AvgIpc) is 2.96. The molecule has 0 aliphatic rings. The fourth-order valence-electron chi connectivity index (χ4n) is 2.10. The van der Waals surface area contributed by atoms with Gasteiger partial charge in [0.2, 0.25) is 6.17 Å². The molecule has 0 radical (unpaired) electrons. The number of carbonyl (C=O) groups excluding carboxylic acids is 1. The van der Waals surface area contributed by atoms with Crippen LogP contribution in [0.1, 0.15) is 16.5 Å². The monoisotopic (exact) mass is 296 g/mol. The van der Waals surface area contributed by atoms with E-state index >= 15 is 0 Å². The van der Waals surface area contributed by atoms with Gasteiger partial charge in [0.25, 0.3) is 5.91 Å². The summed E-state index contributed by atoms with van der Waals surface area (Å²) in [4.78, 5) is 23.7. The van der Waals surface area contributed by atoms with Gasteiger partial charge < -0.3 is 10.4 Å². The van der Waals surface area contributed by atoms with E-state index in [1.165, 1.54) is 4.68 Å². The number of para-hydroxylation sites is 1. The number of aromatic nitrogens is 3. The van der Waals surface area contributed by atoms with E-state index in [0.717, 1.165) is 0 Å². The first-order chi connectivity index (χ1) is 10.7. The fraction of sp³-hybridized carbons (Fsp3) is 0.0667. The highest BCUT2D eigenvalue weighted by Crippen LogP contribution is 2.14. The third kappa shape index (κ3) is 2.51. The molecule has 3 rings (SSSR count). The van der Waals surface area contributed by atoms with Gasteiger partial charge in [-0.05, 0) is 24.3 Å². The van der Waals surface area contributed by atoms with Crippen LogP contribution in [-0.2, 0) is 4.79 Å². The number of aliphatic carboxylic acids is 1. The summed E-state index contributed by atoms with van der Waals surface area (Å²) in [6, 6.07) is 15.3. The summed E-state index contributed by atoms with van der Waals surface area (Å²) >= 11 is 0. The van der Waals surface area contributed by atoms with E-state index in [-0.39, 0.29) is 0 Å². The zero-order valence-electron chi connectivity index (χ0n) is 11.4. The first-order valence-corrected chi connectivity index (χ1v) is 6.55. The van der Waals surface area contributed by atoms with E-state index in [1.807, 2.05) is 0 Å². The molecule has 1 aromatic heterocycles. The largest absolute Gasteiger partial charge is 0.478 e. The maximum absolute atomic E-state index is 12.2. The lowest BCUT2D eigenvalue weighted by Gasteiger charge is -2.15. The Hall–Kier alpha value is -3.22. The van der Waals surface area contributed by atoms with E-state index < -0.39 is 18.0 Å². The molecule has 0 aliphatic heterocycles. The van der Waals surface area contributed by atoms with Crippen LogP contribution >= 0.6 is 0 Å². The average molecular weight is 296 g/mol. The van der Waals surface area contributed by atoms with E-state index in [2.05, 4.69) is 15.6 Å². The van der Waals surface area contributed by atoms with Crippen molar-refractivity contribution < 1.29 is 14.7 Å². The first kappa shape index (κ1) is 13.7. The maximum atomic E-state index is 12.2. The Morgan fingerprint density at radius 1 is 1.05 bits per heavy atom. The quantitative estimate of drug-likeness (QED) is 0.759. The Labute approximate surface area is 125 Å². The molecule has 2 aromatic carbocycles. The van der Waals surface area contributed by atoms with Gasteiger partial charge in [-0.25, -0.2) is 9.48 Å². The Morgan fingerprint density at radius 3 is 2.45 bits per heavy atom. The zero-order valence-corrected chi connectivity index (χ0v) is 11.4. The number of nitrogens with zero attached hydrogens (tertiary/aromatic N) is 3. The smallest absolute Gasteiger partial charge is 0.349 e. The number of hydrogen-bond acceptors (Lipinski definition) is 4. The van der Waals surface area contributed by atoms with Crippen LogP contribution in [0.25, 0.3) is 11.0 Å². The molecule has 110 valence electrons. The SMILES string of the molecule is O=C(N[C@H](C(=O)O)n1nnc2ccccc21)c1ccccc1. The van der Waals surface area contributed by atoms with Gasteiger partial charge in [0.05, 0.1) is 5.52 Å². The molecule has 7 heteroatoms. The summed E-state index contributed by atoms with van der Waals surface area (Å²) in [6.45, 7) is 0. The Balaban J connectivity index is 1.94. The molecule has 0 aliphatic carbocycles. The number of carbonyl (C=O) groups is 2.